The first-order valence-electron chi connectivity index (χ1n) is 7.01. The van der Waals surface area contributed by atoms with Crippen LogP contribution < -0.4 is 5.73 Å². The summed E-state index contributed by atoms with van der Waals surface area (Å²) in [7, 11) is 0. The van der Waals surface area contributed by atoms with Gasteiger partial charge in [-0.2, -0.15) is 0 Å². The normalized spacial score (nSPS) is 10.7. The van der Waals surface area contributed by atoms with E-state index < -0.39 is 0 Å². The quantitative estimate of drug-likeness (QED) is 0.785. The summed E-state index contributed by atoms with van der Waals surface area (Å²) in [6, 6.07) is 16.3. The molecule has 4 heteroatoms. The predicted molar refractivity (Wildman–Crippen MR) is 87.4 cm³/mol. The van der Waals surface area contributed by atoms with Gasteiger partial charge >= 0.3 is 0 Å². The van der Waals surface area contributed by atoms with E-state index in [0.717, 1.165) is 29.2 Å². The van der Waals surface area contributed by atoms with Crippen molar-refractivity contribution >= 4 is 11.3 Å². The van der Waals surface area contributed by atoms with Crippen molar-refractivity contribution in [3.63, 3.8) is 0 Å². The van der Waals surface area contributed by atoms with E-state index in [0.29, 0.717) is 6.54 Å². The molecule has 2 aromatic heterocycles. The fourth-order valence-electron chi connectivity index (χ4n) is 2.25. The SMILES string of the molecule is NCCc1sc(Cc2ccccc2)nc1-c1ccccn1. The molecule has 3 rings (SSSR count). The highest BCUT2D eigenvalue weighted by Gasteiger charge is 2.13. The summed E-state index contributed by atoms with van der Waals surface area (Å²) >= 11 is 1.74. The molecule has 0 fully saturated rings. The van der Waals surface area contributed by atoms with E-state index in [1.807, 2.05) is 24.3 Å². The van der Waals surface area contributed by atoms with Crippen molar-refractivity contribution in [3.05, 3.63) is 70.2 Å². The summed E-state index contributed by atoms with van der Waals surface area (Å²) < 4.78 is 0. The summed E-state index contributed by atoms with van der Waals surface area (Å²) in [4.78, 5) is 10.4. The van der Waals surface area contributed by atoms with Gasteiger partial charge in [0, 0.05) is 17.5 Å². The van der Waals surface area contributed by atoms with Crippen LogP contribution in [0.25, 0.3) is 11.4 Å². The van der Waals surface area contributed by atoms with Crippen LogP contribution in [0, 0.1) is 0 Å². The molecule has 0 atom stereocenters. The van der Waals surface area contributed by atoms with Gasteiger partial charge in [0.15, 0.2) is 0 Å². The van der Waals surface area contributed by atoms with Crippen molar-refractivity contribution in [1.29, 1.82) is 0 Å². The third kappa shape index (κ3) is 3.35. The average Bonchev–Trinajstić information content (AvgIpc) is 2.92. The Morgan fingerprint density at radius 1 is 1.00 bits per heavy atom. The average molecular weight is 295 g/mol. The molecule has 0 aliphatic heterocycles. The highest BCUT2D eigenvalue weighted by Crippen LogP contribution is 2.28. The van der Waals surface area contributed by atoms with E-state index in [4.69, 9.17) is 10.7 Å². The number of nitrogens with zero attached hydrogens (tertiary/aromatic N) is 2. The molecule has 106 valence electrons. The summed E-state index contributed by atoms with van der Waals surface area (Å²) in [5.74, 6) is 0. The maximum Gasteiger partial charge on any atom is 0.103 e. The van der Waals surface area contributed by atoms with Crippen LogP contribution >= 0.6 is 11.3 Å². The van der Waals surface area contributed by atoms with E-state index in [-0.39, 0.29) is 0 Å². The first-order chi connectivity index (χ1) is 10.4. The molecule has 0 amide bonds. The Balaban J connectivity index is 1.93. The molecule has 3 aromatic rings. The van der Waals surface area contributed by atoms with Crippen LogP contribution in [0.4, 0.5) is 0 Å². The molecule has 0 spiro atoms. The molecular formula is C17H17N3S. The number of thiazole rings is 1. The number of hydrogen-bond donors (Lipinski definition) is 1. The number of benzene rings is 1. The lowest BCUT2D eigenvalue weighted by atomic mass is 10.1. The maximum absolute atomic E-state index is 5.73. The number of rotatable bonds is 5. The molecule has 0 aliphatic rings. The number of pyridine rings is 1. The largest absolute Gasteiger partial charge is 0.330 e. The number of nitrogens with two attached hydrogens (primary N) is 1. The van der Waals surface area contributed by atoms with Crippen molar-refractivity contribution in [1.82, 2.24) is 9.97 Å². The second kappa shape index (κ2) is 6.61. The lowest BCUT2D eigenvalue weighted by Gasteiger charge is -1.99. The Labute approximate surface area is 128 Å². The summed E-state index contributed by atoms with van der Waals surface area (Å²) in [6.07, 6.45) is 3.51. The van der Waals surface area contributed by atoms with Gasteiger partial charge in [-0.25, -0.2) is 4.98 Å². The van der Waals surface area contributed by atoms with E-state index in [9.17, 15) is 0 Å². The van der Waals surface area contributed by atoms with E-state index in [2.05, 4.69) is 29.2 Å². The second-order valence-electron chi connectivity index (χ2n) is 4.80. The van der Waals surface area contributed by atoms with Crippen LogP contribution in [0.1, 0.15) is 15.4 Å². The predicted octanol–water partition coefficient (Wildman–Crippen LogP) is 3.30. The molecule has 3 nitrogen and oxygen atoms in total. The zero-order chi connectivity index (χ0) is 14.5. The van der Waals surface area contributed by atoms with Gasteiger partial charge in [0.05, 0.1) is 10.7 Å². The van der Waals surface area contributed by atoms with E-state index >= 15 is 0 Å². The smallest absolute Gasteiger partial charge is 0.103 e. The summed E-state index contributed by atoms with van der Waals surface area (Å²) in [5, 5.41) is 1.12. The van der Waals surface area contributed by atoms with Gasteiger partial charge in [0.2, 0.25) is 0 Å². The fourth-order valence-corrected chi connectivity index (χ4v) is 3.38. The van der Waals surface area contributed by atoms with Gasteiger partial charge in [0.1, 0.15) is 5.69 Å². The molecule has 0 unspecified atom stereocenters. The zero-order valence-electron chi connectivity index (χ0n) is 11.7. The van der Waals surface area contributed by atoms with Crippen LogP contribution in [0.2, 0.25) is 0 Å². The second-order valence-corrected chi connectivity index (χ2v) is 5.96. The summed E-state index contributed by atoms with van der Waals surface area (Å²) in [5.41, 5.74) is 8.91. The fraction of sp³-hybridized carbons (Fsp3) is 0.176. The lowest BCUT2D eigenvalue weighted by Crippen LogP contribution is -2.02. The topological polar surface area (TPSA) is 51.8 Å². The van der Waals surface area contributed by atoms with Crippen LogP contribution in [0.3, 0.4) is 0 Å². The molecule has 21 heavy (non-hydrogen) atoms. The van der Waals surface area contributed by atoms with Gasteiger partial charge in [-0.05, 0) is 30.7 Å². The standard InChI is InChI=1S/C17H17N3S/c18-10-9-15-17(14-8-4-5-11-19-14)20-16(21-15)12-13-6-2-1-3-7-13/h1-8,11H,9-10,12,18H2. The number of aromatic nitrogens is 2. The van der Waals surface area contributed by atoms with Crippen LogP contribution in [0.5, 0.6) is 0 Å². The first-order valence-corrected chi connectivity index (χ1v) is 7.82. The van der Waals surface area contributed by atoms with Gasteiger partial charge < -0.3 is 5.73 Å². The van der Waals surface area contributed by atoms with Gasteiger partial charge in [0.25, 0.3) is 0 Å². The van der Waals surface area contributed by atoms with Crippen LogP contribution in [0.15, 0.2) is 54.7 Å². The van der Waals surface area contributed by atoms with E-state index in [1.165, 1.54) is 10.4 Å². The maximum atomic E-state index is 5.73. The van der Waals surface area contributed by atoms with Gasteiger partial charge in [-0.3, -0.25) is 4.98 Å². The van der Waals surface area contributed by atoms with Gasteiger partial charge in [-0.1, -0.05) is 36.4 Å². The molecule has 1 aromatic carbocycles. The van der Waals surface area contributed by atoms with Crippen LogP contribution in [-0.2, 0) is 12.8 Å². The molecule has 0 saturated carbocycles. The summed E-state index contributed by atoms with van der Waals surface area (Å²) in [6.45, 7) is 0.632. The molecule has 2 heterocycles. The third-order valence-corrected chi connectivity index (χ3v) is 4.33. The van der Waals surface area contributed by atoms with Gasteiger partial charge in [-0.15, -0.1) is 11.3 Å². The molecule has 0 radical (unpaired) electrons. The zero-order valence-corrected chi connectivity index (χ0v) is 12.5. The highest BCUT2D eigenvalue weighted by atomic mass is 32.1. The van der Waals surface area contributed by atoms with Crippen molar-refractivity contribution in [3.8, 4) is 11.4 Å². The third-order valence-electron chi connectivity index (χ3n) is 3.22. The lowest BCUT2D eigenvalue weighted by molar-refractivity contribution is 0.983. The first kappa shape index (κ1) is 13.9. The highest BCUT2D eigenvalue weighted by molar-refractivity contribution is 7.12. The minimum Gasteiger partial charge on any atom is -0.330 e. The van der Waals surface area contributed by atoms with Crippen LogP contribution in [-0.4, -0.2) is 16.5 Å². The Bertz CT molecular complexity index is 693. The minimum atomic E-state index is 0.632. The Morgan fingerprint density at radius 3 is 2.52 bits per heavy atom. The minimum absolute atomic E-state index is 0.632. The Morgan fingerprint density at radius 2 is 1.81 bits per heavy atom. The molecule has 0 bridgehead atoms. The van der Waals surface area contributed by atoms with Crippen molar-refractivity contribution in [2.24, 2.45) is 5.73 Å². The monoisotopic (exact) mass is 295 g/mol. The van der Waals surface area contributed by atoms with Crippen molar-refractivity contribution in [2.75, 3.05) is 6.54 Å². The van der Waals surface area contributed by atoms with E-state index in [1.54, 1.807) is 17.5 Å². The molecular weight excluding hydrogens is 278 g/mol. The Hall–Kier alpha value is -2.04. The van der Waals surface area contributed by atoms with Crippen molar-refractivity contribution < 1.29 is 0 Å². The molecule has 0 saturated heterocycles. The Kier molecular flexibility index (Phi) is 4.38. The number of hydrogen-bond acceptors (Lipinski definition) is 4. The van der Waals surface area contributed by atoms with Crippen molar-refractivity contribution in [2.45, 2.75) is 12.8 Å². The molecule has 2 N–H and O–H groups in total. The molecule has 0 aliphatic carbocycles.